The molecule has 0 aliphatic carbocycles. The number of aromatic amines is 1. The Morgan fingerprint density at radius 2 is 1.59 bits per heavy atom. The number of aromatic hydroxyl groups is 1. The predicted octanol–water partition coefficient (Wildman–Crippen LogP) is 7.26. The highest BCUT2D eigenvalue weighted by atomic mass is 35.5. The largest absolute Gasteiger partial charge is 0.508 e. The van der Waals surface area contributed by atoms with Gasteiger partial charge in [0.05, 0.1) is 30.0 Å². The maximum atomic E-state index is 14.7. The molecule has 0 spiro atoms. The predicted molar refractivity (Wildman–Crippen MR) is 350 cm³/mol. The molecule has 95 heavy (non-hydrogen) atoms. The number of primary amides is 1. The zero-order chi connectivity index (χ0) is 68.6. The second-order valence-electron chi connectivity index (χ2n) is 23.3. The van der Waals surface area contributed by atoms with E-state index in [1.165, 1.54) is 47.3 Å². The van der Waals surface area contributed by atoms with E-state index in [1.807, 2.05) is 19.1 Å². The number of likely N-dealkylation sites (N-methyl/N-ethyl adjacent to an activating group) is 1. The molecule has 8 rings (SSSR count). The number of aryl methyl sites for hydroxylation is 1. The molecule has 4 aromatic carbocycles. The minimum absolute atomic E-state index is 0.00671. The molecule has 11 N–H and O–H groups in total. The number of urea groups is 1. The van der Waals surface area contributed by atoms with E-state index >= 15 is 0 Å². The molecule has 0 unspecified atom stereocenters. The number of fused-ring (bicyclic) bond motifs is 4. The monoisotopic (exact) mass is 1330 g/mol. The smallest absolute Gasteiger partial charge is 0.415 e. The number of anilines is 3. The normalized spacial score (nSPS) is 14.2. The first kappa shape index (κ1) is 70.3. The number of Topliss-reactive ketones (excluding diaryl/α,β-unsaturated/α-hetero) is 1. The number of nitrogens with zero attached hydrogens (tertiary/aromatic N) is 5. The number of rotatable bonds is 30. The molecule has 0 bridgehead atoms. The number of carbonyl (C=O) groups is 11. The third kappa shape index (κ3) is 18.4. The van der Waals surface area contributed by atoms with Crippen LogP contribution in [0, 0.1) is 18.8 Å². The van der Waals surface area contributed by atoms with Crippen molar-refractivity contribution in [1.82, 2.24) is 35.3 Å². The van der Waals surface area contributed by atoms with Crippen molar-refractivity contribution in [3.05, 3.63) is 131 Å². The van der Waals surface area contributed by atoms with Gasteiger partial charge in [-0.3, -0.25) is 38.5 Å². The number of carboxylic acids is 1. The molecular weight excluding hydrogens is 1250 g/mol. The number of benzene rings is 4. The summed E-state index contributed by atoms with van der Waals surface area (Å²) in [5, 5.41) is 31.5. The number of hydrogen-bond acceptors (Lipinski definition) is 17. The van der Waals surface area contributed by atoms with Gasteiger partial charge in [0.2, 0.25) is 5.91 Å². The van der Waals surface area contributed by atoms with Crippen molar-refractivity contribution in [2.24, 2.45) is 23.3 Å². The van der Waals surface area contributed by atoms with Gasteiger partial charge in [-0.25, -0.2) is 24.2 Å². The number of carboxylic acid groups (broad SMARTS) is 1. The van der Waals surface area contributed by atoms with Crippen LogP contribution in [0.1, 0.15) is 95.8 Å². The van der Waals surface area contributed by atoms with Gasteiger partial charge in [-0.1, -0.05) is 44.2 Å². The van der Waals surface area contributed by atoms with Crippen LogP contribution in [0.15, 0.2) is 103 Å². The van der Waals surface area contributed by atoms with E-state index in [0.29, 0.717) is 51.6 Å². The fourth-order valence-electron chi connectivity index (χ4n) is 11.0. The van der Waals surface area contributed by atoms with Crippen LogP contribution in [-0.4, -0.2) is 171 Å². The number of phenolic OH excluding ortho intramolecular Hbond substituents is 1. The highest BCUT2D eigenvalue weighted by Crippen LogP contribution is 2.47. The number of hydrogen-bond donors (Lipinski definition) is 9. The number of unbranched alkanes of at least 4 members (excludes halogenated alkanes) is 1. The number of amides is 10. The lowest BCUT2D eigenvalue weighted by Crippen LogP contribution is -2.46. The molecule has 2 aromatic heterocycles. The molecule has 0 saturated carbocycles. The van der Waals surface area contributed by atoms with Gasteiger partial charge in [0.1, 0.15) is 42.3 Å². The Hall–Kier alpha value is -10.6. The fourth-order valence-corrected chi connectivity index (χ4v) is 11.2. The van der Waals surface area contributed by atoms with E-state index in [0.717, 1.165) is 33.6 Å². The summed E-state index contributed by atoms with van der Waals surface area (Å²) in [5.41, 5.74) is 15.0. The first-order chi connectivity index (χ1) is 45.4. The van der Waals surface area contributed by atoms with Crippen molar-refractivity contribution < 1.29 is 77.2 Å². The second kappa shape index (κ2) is 32.3. The summed E-state index contributed by atoms with van der Waals surface area (Å²) >= 11 is 6.66. The van der Waals surface area contributed by atoms with E-state index in [4.69, 9.17) is 37.3 Å². The van der Waals surface area contributed by atoms with Crippen molar-refractivity contribution in [2.75, 3.05) is 74.3 Å². The van der Waals surface area contributed by atoms with Gasteiger partial charge < -0.3 is 76.8 Å². The first-order valence-corrected chi connectivity index (χ1v) is 31.2. The number of halogens is 1. The van der Waals surface area contributed by atoms with Crippen LogP contribution in [0.2, 0.25) is 0 Å². The Kier molecular flexibility index (Phi) is 23.9. The Morgan fingerprint density at radius 1 is 0.863 bits per heavy atom. The number of alkyl carbamates (subject to hydrolysis) is 1. The van der Waals surface area contributed by atoms with Crippen molar-refractivity contribution in [3.8, 4) is 11.5 Å². The van der Waals surface area contributed by atoms with Crippen LogP contribution in [0.3, 0.4) is 0 Å². The first-order valence-electron chi connectivity index (χ1n) is 30.7. The van der Waals surface area contributed by atoms with Gasteiger partial charge in [0.15, 0.2) is 5.78 Å². The number of phenols is 1. The SMILES string of the molecule is Cc1cccc2c(OC(=O)N(CCCC[C@H](N)C(=O)O)CCN(C)C(=O)OCc3ccc(NC(=O)[C@H](CCCNC(N)=O)CC(=O)[C@@H](NC(=O)OCCN4C(=O)C=CC4=O)C(C)C)cc3)cc3c(c12)[C@H](CCl)CN3C(=O)c1cc2cc(NC(=O)c3ccc(O)cc3)ncc2[nH]1. The Labute approximate surface area is 550 Å². The van der Waals surface area contributed by atoms with E-state index < -0.39 is 89.5 Å². The topological polar surface area (TPSA) is 398 Å². The molecule has 28 nitrogen and oxygen atoms in total. The number of nitrogens with one attached hydrogen (secondary N) is 5. The number of nitrogens with two attached hydrogens (primary N) is 2. The highest BCUT2D eigenvalue weighted by molar-refractivity contribution is 6.20. The zero-order valence-electron chi connectivity index (χ0n) is 52.7. The number of ether oxygens (including phenoxy) is 3. The van der Waals surface area contributed by atoms with Crippen LogP contribution in [0.25, 0.3) is 21.7 Å². The molecule has 2 aliphatic rings. The van der Waals surface area contributed by atoms with E-state index in [2.05, 4.69) is 31.2 Å². The maximum Gasteiger partial charge on any atom is 0.415 e. The molecule has 6 aromatic rings. The average molecular weight is 1330 g/mol. The van der Waals surface area contributed by atoms with E-state index in [1.54, 1.807) is 67.3 Å². The average Bonchev–Trinajstić information content (AvgIpc) is 1.63. The molecule has 0 radical (unpaired) electrons. The summed E-state index contributed by atoms with van der Waals surface area (Å²) in [6.07, 6.45) is 2.02. The number of pyridine rings is 1. The molecule has 502 valence electrons. The molecule has 29 heteroatoms. The number of ketones is 1. The van der Waals surface area contributed by atoms with Gasteiger partial charge in [-0.2, -0.15) is 0 Å². The van der Waals surface area contributed by atoms with Gasteiger partial charge in [-0.05, 0) is 116 Å². The number of alkyl halides is 1. The van der Waals surface area contributed by atoms with Crippen molar-refractivity contribution in [1.29, 1.82) is 0 Å². The van der Waals surface area contributed by atoms with Crippen molar-refractivity contribution in [3.63, 3.8) is 0 Å². The maximum absolute atomic E-state index is 14.7. The van der Waals surface area contributed by atoms with Gasteiger partial charge in [0.25, 0.3) is 23.6 Å². The lowest BCUT2D eigenvalue weighted by molar-refractivity contribution is -0.139. The second-order valence-corrected chi connectivity index (χ2v) is 23.6. The zero-order valence-corrected chi connectivity index (χ0v) is 53.4. The lowest BCUT2D eigenvalue weighted by Gasteiger charge is -2.26. The molecule has 2 aliphatic heterocycles. The third-order valence-corrected chi connectivity index (χ3v) is 16.5. The molecular formula is C66H75ClN12O16. The fraction of sp³-hybridized carbons (Fsp3) is 0.364. The van der Waals surface area contributed by atoms with E-state index in [9.17, 15) is 63.0 Å². The van der Waals surface area contributed by atoms with Crippen LogP contribution < -0.4 is 42.4 Å². The Bertz CT molecular complexity index is 3900. The number of aliphatic carboxylic acids is 1. The van der Waals surface area contributed by atoms with Crippen LogP contribution in [0.4, 0.5) is 36.4 Å². The molecule has 0 fully saturated rings. The quantitative estimate of drug-likeness (QED) is 0.0122. The summed E-state index contributed by atoms with van der Waals surface area (Å²) in [6.45, 7) is 4.81. The molecule has 4 atom stereocenters. The number of imide groups is 1. The van der Waals surface area contributed by atoms with Gasteiger partial charge >= 0.3 is 30.3 Å². The van der Waals surface area contributed by atoms with Crippen LogP contribution >= 0.6 is 11.6 Å². The summed E-state index contributed by atoms with van der Waals surface area (Å²) in [4.78, 5) is 155. The Morgan fingerprint density at radius 3 is 2.27 bits per heavy atom. The molecule has 0 saturated heterocycles. The summed E-state index contributed by atoms with van der Waals surface area (Å²) in [5.74, 6) is -5.36. The van der Waals surface area contributed by atoms with Crippen LogP contribution in [-0.2, 0) is 40.1 Å². The molecule has 10 amide bonds. The minimum Gasteiger partial charge on any atom is -0.508 e. The standard InChI is InChI=1S/C66H75ClN12O16/c1-37(2)58(75-64(90)93-28-27-78-54(82)21-22-55(78)83)51(81)30-41(10-8-23-70-63(69)89)60(85)72-44-17-13-39(14-18-44)36-94-65(91)76(4)25-26-77(24-6-5-12-47(68)62(87)88)66(92)95-52-32-50-57(56-38(3)9-7-11-46(52)56)43(33-67)35-79(50)61(86)48-29-42-31-53(71-34-49(42)73-48)74-59(84)40-15-19-45(80)20-16-40/h7,9,11,13-22,29,31-32,34,37,41,43,47,58,73,80H,5-6,8,10,12,23-28,30,33,35-36,68H2,1-4H3,(H,72,85)(H,75,90)(H,87,88)(H3,69,70,89)(H,71,74,84)/t41-,43-,47+,58+/m1/s1. The van der Waals surface area contributed by atoms with Crippen molar-refractivity contribution >= 4 is 116 Å². The van der Waals surface area contributed by atoms with Gasteiger partial charge in [0, 0.05) is 104 Å². The van der Waals surface area contributed by atoms with Gasteiger partial charge in [-0.15, -0.1) is 11.6 Å². The van der Waals surface area contributed by atoms with Crippen LogP contribution in [0.5, 0.6) is 11.5 Å². The van der Waals surface area contributed by atoms with Crippen molar-refractivity contribution in [2.45, 2.75) is 83.9 Å². The minimum atomic E-state index is -1.17. The Balaban J connectivity index is 0.906. The number of aromatic nitrogens is 2. The number of H-pyrrole nitrogens is 1. The highest BCUT2D eigenvalue weighted by Gasteiger charge is 2.37. The van der Waals surface area contributed by atoms with E-state index in [-0.39, 0.29) is 113 Å². The summed E-state index contributed by atoms with van der Waals surface area (Å²) < 4.78 is 17.1. The molecule has 4 heterocycles. The third-order valence-electron chi connectivity index (χ3n) is 16.1. The summed E-state index contributed by atoms with van der Waals surface area (Å²) in [6, 6.07) is 19.5. The lowest BCUT2D eigenvalue weighted by atomic mass is 9.89. The number of carbonyl (C=O) groups excluding carboxylic acids is 10. The summed E-state index contributed by atoms with van der Waals surface area (Å²) in [7, 11) is 1.48.